The van der Waals surface area contributed by atoms with E-state index in [9.17, 15) is 0 Å². The Hall–Kier alpha value is -2.11. The number of oxazole rings is 1. The summed E-state index contributed by atoms with van der Waals surface area (Å²) in [6, 6.07) is 14.2. The van der Waals surface area contributed by atoms with Crippen LogP contribution in [0.1, 0.15) is 12.1 Å². The maximum absolute atomic E-state index is 9.10. The third kappa shape index (κ3) is 3.55. The maximum atomic E-state index is 9.10. The lowest BCUT2D eigenvalue weighted by molar-refractivity contribution is 0.289. The minimum absolute atomic E-state index is 0.183. The van der Waals surface area contributed by atoms with Gasteiger partial charge >= 0.3 is 0 Å². The van der Waals surface area contributed by atoms with Gasteiger partial charge in [-0.15, -0.1) is 11.3 Å². The number of hydrogen-bond donors (Lipinski definition) is 1. The van der Waals surface area contributed by atoms with Crippen LogP contribution >= 0.6 is 11.3 Å². The van der Waals surface area contributed by atoms with Crippen LogP contribution in [0.4, 0.5) is 5.69 Å². The van der Waals surface area contributed by atoms with Crippen LogP contribution in [0.2, 0.25) is 0 Å². The molecule has 0 saturated heterocycles. The standard InChI is InChI=1S/C17H18N2O2S/c20-10-5-9-19(15-6-2-1-3-7-15)12-14-13-21-17(18-14)16-8-4-11-22-16/h1-4,6-8,11,13,20H,5,9-10,12H2. The number of aliphatic hydroxyl groups is 1. The molecule has 0 amide bonds. The van der Waals surface area contributed by atoms with Gasteiger partial charge in [-0.1, -0.05) is 24.3 Å². The Morgan fingerprint density at radius 2 is 2.00 bits per heavy atom. The van der Waals surface area contributed by atoms with Crippen LogP contribution in [-0.4, -0.2) is 23.2 Å². The van der Waals surface area contributed by atoms with Gasteiger partial charge < -0.3 is 14.4 Å². The van der Waals surface area contributed by atoms with E-state index < -0.39 is 0 Å². The normalized spacial score (nSPS) is 10.8. The Morgan fingerprint density at radius 3 is 2.73 bits per heavy atom. The first kappa shape index (κ1) is 14.8. The molecule has 3 aromatic rings. The van der Waals surface area contributed by atoms with Crippen molar-refractivity contribution in [3.8, 4) is 10.8 Å². The molecule has 22 heavy (non-hydrogen) atoms. The zero-order chi connectivity index (χ0) is 15.2. The molecular formula is C17H18N2O2S. The van der Waals surface area contributed by atoms with Gasteiger partial charge in [0, 0.05) is 18.8 Å². The molecule has 0 bridgehead atoms. The summed E-state index contributed by atoms with van der Waals surface area (Å²) >= 11 is 1.62. The molecule has 2 aromatic heterocycles. The molecule has 0 aliphatic rings. The first-order valence-corrected chi connectivity index (χ1v) is 8.14. The molecule has 0 saturated carbocycles. The van der Waals surface area contributed by atoms with Crippen LogP contribution in [0.15, 0.2) is 58.5 Å². The number of nitrogens with zero attached hydrogens (tertiary/aromatic N) is 2. The molecule has 0 radical (unpaired) electrons. The van der Waals surface area contributed by atoms with Crippen LogP contribution < -0.4 is 4.90 Å². The highest BCUT2D eigenvalue weighted by Crippen LogP contribution is 2.25. The summed E-state index contributed by atoms with van der Waals surface area (Å²) in [7, 11) is 0. The number of rotatable bonds is 7. The van der Waals surface area contributed by atoms with E-state index in [4.69, 9.17) is 9.52 Å². The summed E-state index contributed by atoms with van der Waals surface area (Å²) in [6.45, 7) is 1.63. The van der Waals surface area contributed by atoms with E-state index in [-0.39, 0.29) is 6.61 Å². The highest BCUT2D eigenvalue weighted by molar-refractivity contribution is 7.13. The van der Waals surface area contributed by atoms with Crippen molar-refractivity contribution in [2.45, 2.75) is 13.0 Å². The second-order valence-corrected chi connectivity index (χ2v) is 5.90. The van der Waals surface area contributed by atoms with Gasteiger partial charge in [-0.2, -0.15) is 0 Å². The molecule has 3 rings (SSSR count). The van der Waals surface area contributed by atoms with Gasteiger partial charge in [0.2, 0.25) is 5.89 Å². The van der Waals surface area contributed by atoms with Gasteiger partial charge in [0.25, 0.3) is 0 Å². The molecule has 0 atom stereocenters. The Kier molecular flexibility index (Phi) is 4.88. The van der Waals surface area contributed by atoms with Crippen LogP contribution in [-0.2, 0) is 6.54 Å². The molecule has 4 nitrogen and oxygen atoms in total. The van der Waals surface area contributed by atoms with Crippen molar-refractivity contribution in [1.82, 2.24) is 4.98 Å². The van der Waals surface area contributed by atoms with Crippen LogP contribution in [0.25, 0.3) is 10.8 Å². The number of benzene rings is 1. The summed E-state index contributed by atoms with van der Waals surface area (Å²) < 4.78 is 5.57. The third-order valence-electron chi connectivity index (χ3n) is 3.34. The fraction of sp³-hybridized carbons (Fsp3) is 0.235. The molecule has 0 aliphatic carbocycles. The Labute approximate surface area is 133 Å². The van der Waals surface area contributed by atoms with E-state index in [1.165, 1.54) is 0 Å². The number of aromatic nitrogens is 1. The van der Waals surface area contributed by atoms with Gasteiger partial charge in [-0.05, 0) is 30.0 Å². The van der Waals surface area contributed by atoms with Crippen LogP contribution in [0.3, 0.4) is 0 Å². The van der Waals surface area contributed by atoms with E-state index in [0.717, 1.165) is 29.2 Å². The van der Waals surface area contributed by atoms with Gasteiger partial charge in [-0.3, -0.25) is 0 Å². The number of para-hydroxylation sites is 1. The second kappa shape index (κ2) is 7.24. The monoisotopic (exact) mass is 314 g/mol. The Morgan fingerprint density at radius 1 is 1.14 bits per heavy atom. The zero-order valence-corrected chi connectivity index (χ0v) is 13.0. The summed E-state index contributed by atoms with van der Waals surface area (Å²) in [4.78, 5) is 7.80. The zero-order valence-electron chi connectivity index (χ0n) is 12.2. The van der Waals surface area contributed by atoms with Crippen molar-refractivity contribution in [3.05, 3.63) is 59.8 Å². The lowest BCUT2D eigenvalue weighted by atomic mass is 10.2. The molecule has 0 spiro atoms. The average Bonchev–Trinajstić information content (AvgIpc) is 3.23. The minimum atomic E-state index is 0.183. The number of anilines is 1. The summed E-state index contributed by atoms with van der Waals surface area (Å²) in [5, 5.41) is 11.1. The number of aliphatic hydroxyl groups excluding tert-OH is 1. The molecule has 114 valence electrons. The smallest absolute Gasteiger partial charge is 0.236 e. The van der Waals surface area contributed by atoms with E-state index in [1.807, 2.05) is 35.7 Å². The van der Waals surface area contributed by atoms with Crippen molar-refractivity contribution in [2.24, 2.45) is 0 Å². The quantitative estimate of drug-likeness (QED) is 0.721. The van der Waals surface area contributed by atoms with E-state index >= 15 is 0 Å². The molecule has 1 aromatic carbocycles. The Balaban J connectivity index is 1.76. The largest absolute Gasteiger partial charge is 0.443 e. The SMILES string of the molecule is OCCCN(Cc1coc(-c2cccs2)n1)c1ccccc1. The van der Waals surface area contributed by atoms with Gasteiger partial charge in [0.15, 0.2) is 0 Å². The average molecular weight is 314 g/mol. The van der Waals surface area contributed by atoms with Crippen molar-refractivity contribution < 1.29 is 9.52 Å². The van der Waals surface area contributed by atoms with Crippen molar-refractivity contribution in [2.75, 3.05) is 18.1 Å². The topological polar surface area (TPSA) is 49.5 Å². The first-order valence-electron chi connectivity index (χ1n) is 7.26. The highest BCUT2D eigenvalue weighted by atomic mass is 32.1. The van der Waals surface area contributed by atoms with Crippen molar-refractivity contribution >= 4 is 17.0 Å². The molecule has 0 fully saturated rings. The second-order valence-electron chi connectivity index (χ2n) is 4.96. The van der Waals surface area contributed by atoms with Crippen molar-refractivity contribution in [3.63, 3.8) is 0 Å². The Bertz CT molecular complexity index is 680. The van der Waals surface area contributed by atoms with Gasteiger partial charge in [-0.25, -0.2) is 4.98 Å². The minimum Gasteiger partial charge on any atom is -0.443 e. The molecule has 0 aliphatic heterocycles. The fourth-order valence-electron chi connectivity index (χ4n) is 2.29. The molecule has 1 N–H and O–H groups in total. The molecule has 2 heterocycles. The number of thiophene rings is 1. The predicted molar refractivity (Wildman–Crippen MR) is 89.0 cm³/mol. The molecule has 0 unspecified atom stereocenters. The molecule has 5 heteroatoms. The lowest BCUT2D eigenvalue weighted by Gasteiger charge is -2.23. The summed E-state index contributed by atoms with van der Waals surface area (Å²) in [6.07, 6.45) is 2.44. The third-order valence-corrected chi connectivity index (χ3v) is 4.20. The molecular weight excluding hydrogens is 296 g/mol. The predicted octanol–water partition coefficient (Wildman–Crippen LogP) is 3.79. The highest BCUT2D eigenvalue weighted by Gasteiger charge is 2.12. The van der Waals surface area contributed by atoms with Crippen LogP contribution in [0.5, 0.6) is 0 Å². The fourth-order valence-corrected chi connectivity index (χ4v) is 2.94. The van der Waals surface area contributed by atoms with Gasteiger partial charge in [0.05, 0.1) is 17.1 Å². The lowest BCUT2D eigenvalue weighted by Crippen LogP contribution is -2.24. The number of hydrogen-bond acceptors (Lipinski definition) is 5. The van der Waals surface area contributed by atoms with Crippen molar-refractivity contribution in [1.29, 1.82) is 0 Å². The van der Waals surface area contributed by atoms with Crippen LogP contribution in [0, 0.1) is 0 Å². The van der Waals surface area contributed by atoms with E-state index in [1.54, 1.807) is 17.6 Å². The van der Waals surface area contributed by atoms with E-state index in [0.29, 0.717) is 12.4 Å². The first-order chi connectivity index (χ1) is 10.9. The summed E-state index contributed by atoms with van der Waals surface area (Å²) in [5.41, 5.74) is 2.02. The van der Waals surface area contributed by atoms with E-state index in [2.05, 4.69) is 22.0 Å². The van der Waals surface area contributed by atoms with Gasteiger partial charge in [0.1, 0.15) is 6.26 Å². The maximum Gasteiger partial charge on any atom is 0.236 e. The summed E-state index contributed by atoms with van der Waals surface area (Å²) in [5.74, 6) is 0.667.